The van der Waals surface area contributed by atoms with Gasteiger partial charge in [0.25, 0.3) is 5.91 Å². The van der Waals surface area contributed by atoms with Crippen molar-refractivity contribution in [2.24, 2.45) is 5.41 Å². The van der Waals surface area contributed by atoms with E-state index in [0.29, 0.717) is 29.7 Å². The van der Waals surface area contributed by atoms with Gasteiger partial charge in [-0.25, -0.2) is 9.50 Å². The van der Waals surface area contributed by atoms with Gasteiger partial charge in [0, 0.05) is 45.3 Å². The minimum atomic E-state index is -0.160. The molecule has 2 aromatic rings. The number of fused-ring (bicyclic) bond motifs is 3. The molecule has 4 rings (SSSR count). The molecule has 0 atom stereocenters. The number of rotatable bonds is 5. The van der Waals surface area contributed by atoms with E-state index in [1.165, 1.54) is 0 Å². The molecule has 1 fully saturated rings. The Balaban J connectivity index is 1.41. The number of carbonyl (C=O) groups is 2. The topological polar surface area (TPSA) is 82.8 Å². The summed E-state index contributed by atoms with van der Waals surface area (Å²) in [6.45, 7) is 10.2. The number of amides is 1. The van der Waals surface area contributed by atoms with Crippen molar-refractivity contribution < 1.29 is 9.59 Å². The first-order valence-electron chi connectivity index (χ1n) is 10.4. The zero-order valence-electron chi connectivity index (χ0n) is 17.6. The van der Waals surface area contributed by atoms with E-state index in [-0.39, 0.29) is 17.1 Å². The summed E-state index contributed by atoms with van der Waals surface area (Å²) in [5, 5.41) is 7.38. The van der Waals surface area contributed by atoms with Gasteiger partial charge in [-0.1, -0.05) is 13.8 Å². The van der Waals surface area contributed by atoms with E-state index in [1.54, 1.807) is 16.9 Å². The predicted molar refractivity (Wildman–Crippen MR) is 110 cm³/mol. The summed E-state index contributed by atoms with van der Waals surface area (Å²) >= 11 is 0. The zero-order chi connectivity index (χ0) is 20.6. The number of carbonyl (C=O) groups excluding carboxylic acids is 2. The molecule has 1 aliphatic carbocycles. The lowest BCUT2D eigenvalue weighted by Gasteiger charge is -2.32. The highest BCUT2D eigenvalue weighted by Crippen LogP contribution is 2.34. The van der Waals surface area contributed by atoms with E-state index >= 15 is 0 Å². The quantitative estimate of drug-likeness (QED) is 0.764. The van der Waals surface area contributed by atoms with Gasteiger partial charge in [0.2, 0.25) is 0 Å². The molecular formula is C21H30N6O2. The number of nitrogens with zero attached hydrogens (tertiary/aromatic N) is 5. The average Bonchev–Trinajstić information content (AvgIpc) is 3.10. The monoisotopic (exact) mass is 398 g/mol. The molecule has 1 amide bonds. The number of Topliss-reactive ketones (excluding diaryl/α,β-unsaturated/α-hetero) is 1. The van der Waals surface area contributed by atoms with Crippen LogP contribution in [0.4, 0.5) is 0 Å². The van der Waals surface area contributed by atoms with Crippen LogP contribution >= 0.6 is 0 Å². The summed E-state index contributed by atoms with van der Waals surface area (Å²) in [4.78, 5) is 34.3. The number of hydrogen-bond donors (Lipinski definition) is 1. The Bertz CT molecular complexity index is 927. The number of nitrogens with one attached hydrogen (secondary N) is 1. The molecule has 8 nitrogen and oxygen atoms in total. The lowest BCUT2D eigenvalue weighted by molar-refractivity contribution is 0.0907. The summed E-state index contributed by atoms with van der Waals surface area (Å²) in [6, 6.07) is 0. The van der Waals surface area contributed by atoms with E-state index < -0.39 is 0 Å². The third-order valence-electron chi connectivity index (χ3n) is 5.99. The molecular weight excluding hydrogens is 368 g/mol. The first-order valence-corrected chi connectivity index (χ1v) is 10.4. The summed E-state index contributed by atoms with van der Waals surface area (Å²) < 4.78 is 1.67. The van der Waals surface area contributed by atoms with Gasteiger partial charge in [0.15, 0.2) is 11.4 Å². The van der Waals surface area contributed by atoms with Crippen molar-refractivity contribution >= 4 is 17.3 Å². The maximum absolute atomic E-state index is 12.7. The molecule has 3 heterocycles. The van der Waals surface area contributed by atoms with Gasteiger partial charge in [-0.2, -0.15) is 5.10 Å². The fourth-order valence-corrected chi connectivity index (χ4v) is 4.26. The summed E-state index contributed by atoms with van der Waals surface area (Å²) in [5.74, 6) is -0.0664. The Morgan fingerprint density at radius 1 is 1.17 bits per heavy atom. The van der Waals surface area contributed by atoms with Crippen LogP contribution in [0.15, 0.2) is 12.4 Å². The second kappa shape index (κ2) is 7.84. The fraction of sp³-hybridized carbons (Fsp3) is 0.619. The van der Waals surface area contributed by atoms with Crippen molar-refractivity contribution in [2.45, 2.75) is 33.1 Å². The highest BCUT2D eigenvalue weighted by Gasteiger charge is 2.33. The van der Waals surface area contributed by atoms with Gasteiger partial charge in [0.1, 0.15) is 5.56 Å². The Labute approximate surface area is 171 Å². The van der Waals surface area contributed by atoms with Crippen molar-refractivity contribution in [2.75, 3.05) is 46.3 Å². The maximum Gasteiger partial charge on any atom is 0.256 e. The van der Waals surface area contributed by atoms with Gasteiger partial charge in [-0.3, -0.25) is 9.59 Å². The molecule has 1 N–H and O–H groups in total. The van der Waals surface area contributed by atoms with Crippen LogP contribution in [-0.4, -0.2) is 82.4 Å². The van der Waals surface area contributed by atoms with Crippen LogP contribution in [-0.2, 0) is 6.42 Å². The van der Waals surface area contributed by atoms with Crippen LogP contribution < -0.4 is 5.32 Å². The Kier molecular flexibility index (Phi) is 5.40. The highest BCUT2D eigenvalue weighted by molar-refractivity contribution is 6.01. The van der Waals surface area contributed by atoms with E-state index in [1.807, 2.05) is 0 Å². The highest BCUT2D eigenvalue weighted by atomic mass is 16.1. The Morgan fingerprint density at radius 3 is 2.69 bits per heavy atom. The van der Waals surface area contributed by atoms with Crippen LogP contribution in [0.5, 0.6) is 0 Å². The van der Waals surface area contributed by atoms with Crippen molar-refractivity contribution in [3.8, 4) is 0 Å². The first kappa shape index (κ1) is 20.0. The lowest BCUT2D eigenvalue weighted by Crippen LogP contribution is -2.45. The number of piperazine rings is 1. The molecule has 2 aliphatic rings. The normalized spacial score (nSPS) is 20.0. The largest absolute Gasteiger partial charge is 0.352 e. The second-order valence-electron chi connectivity index (χ2n) is 9.11. The molecule has 0 radical (unpaired) electrons. The van der Waals surface area contributed by atoms with Crippen molar-refractivity contribution in [3.63, 3.8) is 0 Å². The lowest BCUT2D eigenvalue weighted by atomic mass is 9.76. The van der Waals surface area contributed by atoms with Gasteiger partial charge in [-0.05, 0) is 31.8 Å². The van der Waals surface area contributed by atoms with Crippen LogP contribution in [0, 0.1) is 5.41 Å². The van der Waals surface area contributed by atoms with Crippen LogP contribution in [0.25, 0.3) is 5.65 Å². The third kappa shape index (κ3) is 4.18. The third-order valence-corrected chi connectivity index (χ3v) is 5.99. The standard InChI is InChI=1S/C21H30N6O2/c1-21(2)11-17-15(18(28)12-21)13-23-19-16(14-24-27(17)19)20(29)22-5-4-6-26-9-7-25(3)8-10-26/h13-14H,4-12H2,1-3H3,(H,22,29). The number of ketones is 1. The molecule has 8 heteroatoms. The first-order chi connectivity index (χ1) is 13.8. The molecule has 2 aromatic heterocycles. The predicted octanol–water partition coefficient (Wildman–Crippen LogP) is 1.25. The van der Waals surface area contributed by atoms with Crippen LogP contribution in [0.3, 0.4) is 0 Å². The van der Waals surface area contributed by atoms with E-state index in [0.717, 1.165) is 51.3 Å². The summed E-state index contributed by atoms with van der Waals surface area (Å²) in [5.41, 5.74) is 2.34. The molecule has 0 saturated carbocycles. The fourth-order valence-electron chi connectivity index (χ4n) is 4.26. The number of likely N-dealkylation sites (N-methyl/N-ethyl adjacent to an activating group) is 1. The van der Waals surface area contributed by atoms with Crippen molar-refractivity contribution in [1.82, 2.24) is 29.7 Å². The molecule has 0 aromatic carbocycles. The summed E-state index contributed by atoms with van der Waals surface area (Å²) in [6.07, 6.45) is 5.33. The van der Waals surface area contributed by atoms with Crippen molar-refractivity contribution in [1.29, 1.82) is 0 Å². The second-order valence-corrected chi connectivity index (χ2v) is 9.11. The van der Waals surface area contributed by atoms with E-state index in [9.17, 15) is 9.59 Å². The summed E-state index contributed by atoms with van der Waals surface area (Å²) in [7, 11) is 2.15. The molecule has 1 aliphatic heterocycles. The zero-order valence-corrected chi connectivity index (χ0v) is 17.6. The molecule has 0 unspecified atom stereocenters. The Hall–Kier alpha value is -2.32. The minimum Gasteiger partial charge on any atom is -0.352 e. The average molecular weight is 399 g/mol. The SMILES string of the molecule is CN1CCN(CCCNC(=O)c2cnn3c4c(cnc23)C(=O)CC(C)(C)C4)CC1. The smallest absolute Gasteiger partial charge is 0.256 e. The molecule has 156 valence electrons. The van der Waals surface area contributed by atoms with Gasteiger partial charge in [-0.15, -0.1) is 0 Å². The molecule has 0 bridgehead atoms. The minimum absolute atomic E-state index is 0.0936. The van der Waals surface area contributed by atoms with Crippen LogP contribution in [0.2, 0.25) is 0 Å². The van der Waals surface area contributed by atoms with Gasteiger partial charge >= 0.3 is 0 Å². The van der Waals surface area contributed by atoms with Crippen molar-refractivity contribution in [3.05, 3.63) is 29.2 Å². The number of hydrogen-bond acceptors (Lipinski definition) is 6. The van der Waals surface area contributed by atoms with Gasteiger partial charge in [0.05, 0.1) is 17.5 Å². The van der Waals surface area contributed by atoms with E-state index in [4.69, 9.17) is 0 Å². The number of aromatic nitrogens is 3. The van der Waals surface area contributed by atoms with Crippen LogP contribution in [0.1, 0.15) is 53.1 Å². The Morgan fingerprint density at radius 2 is 1.93 bits per heavy atom. The molecule has 1 saturated heterocycles. The molecule has 0 spiro atoms. The van der Waals surface area contributed by atoms with E-state index in [2.05, 4.69) is 46.1 Å². The van der Waals surface area contributed by atoms with Gasteiger partial charge < -0.3 is 15.1 Å². The maximum atomic E-state index is 12.7. The molecule has 29 heavy (non-hydrogen) atoms.